The Labute approximate surface area is 155 Å². The van der Waals surface area contributed by atoms with Crippen LogP contribution in [0.1, 0.15) is 24.3 Å². The van der Waals surface area contributed by atoms with Gasteiger partial charge in [0.25, 0.3) is 0 Å². The number of hydrogen-bond acceptors (Lipinski definition) is 5. The number of rotatable bonds is 3. The molecule has 3 rings (SSSR count). The number of halogens is 2. The zero-order valence-corrected chi connectivity index (χ0v) is 16.0. The van der Waals surface area contributed by atoms with Gasteiger partial charge in [0.2, 0.25) is 18.0 Å². The molecule has 0 spiro atoms. The van der Waals surface area contributed by atoms with Crippen molar-refractivity contribution >= 4 is 43.7 Å². The molecule has 1 aliphatic rings. The zero-order chi connectivity index (χ0) is 17.3. The highest BCUT2D eigenvalue weighted by Gasteiger charge is 2.35. The molecule has 124 valence electrons. The van der Waals surface area contributed by atoms with Crippen LogP contribution in [0.25, 0.3) is 0 Å². The number of nitrogens with zero attached hydrogens (tertiary/aromatic N) is 3. The van der Waals surface area contributed by atoms with E-state index in [9.17, 15) is 4.79 Å². The summed E-state index contributed by atoms with van der Waals surface area (Å²) in [6.07, 6.45) is 2.59. The van der Waals surface area contributed by atoms with Gasteiger partial charge in [0.05, 0.1) is 18.2 Å². The third-order valence-electron chi connectivity index (χ3n) is 3.38. The summed E-state index contributed by atoms with van der Waals surface area (Å²) in [5.74, 6) is 0.698. The molecule has 2 heterocycles. The summed E-state index contributed by atoms with van der Waals surface area (Å²) in [6.45, 7) is 1.44. The highest BCUT2D eigenvalue weighted by molar-refractivity contribution is 9.10. The van der Waals surface area contributed by atoms with Crippen LogP contribution in [0.2, 0.25) is 0 Å². The van der Waals surface area contributed by atoms with Crippen molar-refractivity contribution in [3.8, 4) is 5.75 Å². The number of methoxy groups -OCH3 is 1. The minimum atomic E-state index is -0.705. The second kappa shape index (κ2) is 6.90. The maximum absolute atomic E-state index is 12.0. The van der Waals surface area contributed by atoms with E-state index in [0.717, 1.165) is 8.95 Å². The highest BCUT2D eigenvalue weighted by Crippen LogP contribution is 2.37. The van der Waals surface area contributed by atoms with Crippen molar-refractivity contribution in [3.05, 3.63) is 56.7 Å². The van der Waals surface area contributed by atoms with E-state index in [1.54, 1.807) is 25.6 Å². The number of hydrazone groups is 1. The van der Waals surface area contributed by atoms with Gasteiger partial charge in [-0.05, 0) is 40.2 Å². The van der Waals surface area contributed by atoms with Crippen LogP contribution in [0.3, 0.4) is 0 Å². The van der Waals surface area contributed by atoms with E-state index in [-0.39, 0.29) is 5.91 Å². The van der Waals surface area contributed by atoms with E-state index in [2.05, 4.69) is 41.9 Å². The molecule has 1 atom stereocenters. The summed E-state index contributed by atoms with van der Waals surface area (Å²) in [5, 5.41) is 5.60. The predicted octanol–water partition coefficient (Wildman–Crippen LogP) is 3.85. The van der Waals surface area contributed by atoms with E-state index >= 15 is 0 Å². The highest BCUT2D eigenvalue weighted by atomic mass is 79.9. The molecule has 0 N–H and O–H groups in total. The average molecular weight is 455 g/mol. The number of ether oxygens (including phenoxy) is 2. The van der Waals surface area contributed by atoms with E-state index in [1.165, 1.54) is 11.9 Å². The van der Waals surface area contributed by atoms with Gasteiger partial charge in [-0.2, -0.15) is 5.01 Å². The number of carbonyl (C=O) groups is 1. The smallest absolute Gasteiger partial charge is 0.243 e. The van der Waals surface area contributed by atoms with Gasteiger partial charge in [0, 0.05) is 28.3 Å². The van der Waals surface area contributed by atoms with Gasteiger partial charge in [-0.3, -0.25) is 9.78 Å². The molecule has 1 aromatic carbocycles. The van der Waals surface area contributed by atoms with Crippen molar-refractivity contribution in [1.82, 2.24) is 9.99 Å². The number of hydrogen-bond donors (Lipinski definition) is 0. The fourth-order valence-corrected chi connectivity index (χ4v) is 3.06. The molecule has 24 heavy (non-hydrogen) atoms. The summed E-state index contributed by atoms with van der Waals surface area (Å²) < 4.78 is 13.0. The first kappa shape index (κ1) is 16.9. The topological polar surface area (TPSA) is 64.0 Å². The molecule has 0 saturated heterocycles. The molecular formula is C16H13Br2N3O3. The first-order valence-corrected chi connectivity index (χ1v) is 8.57. The van der Waals surface area contributed by atoms with Crippen LogP contribution in [0.15, 0.2) is 50.7 Å². The zero-order valence-electron chi connectivity index (χ0n) is 12.9. The average Bonchev–Trinajstić information content (AvgIpc) is 3.00. The number of amides is 1. The van der Waals surface area contributed by atoms with Crippen molar-refractivity contribution < 1.29 is 14.3 Å². The SMILES string of the molecule is COc1ccc(Br)cc1[C@H]1OC(c2cncc(Br)c2)=NN1C(C)=O. The lowest BCUT2D eigenvalue weighted by Crippen LogP contribution is -2.25. The van der Waals surface area contributed by atoms with Crippen LogP contribution >= 0.6 is 31.9 Å². The molecule has 1 aromatic heterocycles. The Balaban J connectivity index is 2.02. The Morgan fingerprint density at radius 2 is 2.04 bits per heavy atom. The number of benzene rings is 1. The third-order valence-corrected chi connectivity index (χ3v) is 4.30. The summed E-state index contributed by atoms with van der Waals surface area (Å²) in [4.78, 5) is 16.1. The number of aromatic nitrogens is 1. The molecule has 0 aliphatic carbocycles. The molecular weight excluding hydrogens is 442 g/mol. The quantitative estimate of drug-likeness (QED) is 0.706. The Kier molecular flexibility index (Phi) is 4.86. The van der Waals surface area contributed by atoms with Gasteiger partial charge in [-0.1, -0.05) is 15.9 Å². The van der Waals surface area contributed by atoms with E-state index in [0.29, 0.717) is 22.8 Å². The maximum atomic E-state index is 12.0. The number of pyridine rings is 1. The van der Waals surface area contributed by atoms with Gasteiger partial charge in [-0.25, -0.2) is 0 Å². The van der Waals surface area contributed by atoms with Gasteiger partial charge in [0.15, 0.2) is 0 Å². The maximum Gasteiger partial charge on any atom is 0.243 e. The van der Waals surface area contributed by atoms with E-state index < -0.39 is 6.23 Å². The minimum Gasteiger partial charge on any atom is -0.496 e. The van der Waals surface area contributed by atoms with Crippen LogP contribution in [0, 0.1) is 0 Å². The third kappa shape index (κ3) is 3.29. The van der Waals surface area contributed by atoms with Crippen molar-refractivity contribution in [2.75, 3.05) is 7.11 Å². The van der Waals surface area contributed by atoms with Gasteiger partial charge >= 0.3 is 0 Å². The van der Waals surface area contributed by atoms with Gasteiger partial charge < -0.3 is 9.47 Å². The second-order valence-electron chi connectivity index (χ2n) is 5.02. The summed E-state index contributed by atoms with van der Waals surface area (Å²) in [6, 6.07) is 7.33. The van der Waals surface area contributed by atoms with Gasteiger partial charge in [-0.15, -0.1) is 5.10 Å². The molecule has 0 radical (unpaired) electrons. The van der Waals surface area contributed by atoms with Gasteiger partial charge in [0.1, 0.15) is 5.75 Å². The summed E-state index contributed by atoms with van der Waals surface area (Å²) in [7, 11) is 1.57. The predicted molar refractivity (Wildman–Crippen MR) is 95.5 cm³/mol. The van der Waals surface area contributed by atoms with E-state index in [1.807, 2.05) is 18.2 Å². The van der Waals surface area contributed by atoms with E-state index in [4.69, 9.17) is 9.47 Å². The molecule has 1 aliphatic heterocycles. The molecule has 6 nitrogen and oxygen atoms in total. The van der Waals surface area contributed by atoms with Crippen molar-refractivity contribution in [2.45, 2.75) is 13.2 Å². The molecule has 8 heteroatoms. The first-order valence-electron chi connectivity index (χ1n) is 6.99. The van der Waals surface area contributed by atoms with Crippen LogP contribution < -0.4 is 4.74 Å². The molecule has 2 aromatic rings. The lowest BCUT2D eigenvalue weighted by Gasteiger charge is -2.21. The van der Waals surface area contributed by atoms with Crippen molar-refractivity contribution in [1.29, 1.82) is 0 Å². The molecule has 1 amide bonds. The van der Waals surface area contributed by atoms with Crippen LogP contribution in [-0.4, -0.2) is 28.9 Å². The summed E-state index contributed by atoms with van der Waals surface area (Å²) in [5.41, 5.74) is 1.37. The van der Waals surface area contributed by atoms with Crippen molar-refractivity contribution in [2.24, 2.45) is 5.10 Å². The lowest BCUT2D eigenvalue weighted by molar-refractivity contribution is -0.135. The monoisotopic (exact) mass is 453 g/mol. The Morgan fingerprint density at radius 3 is 2.71 bits per heavy atom. The van der Waals surface area contributed by atoms with Crippen LogP contribution in [0.4, 0.5) is 0 Å². The summed E-state index contributed by atoms with van der Waals surface area (Å²) >= 11 is 6.80. The molecule has 0 saturated carbocycles. The number of carbonyl (C=O) groups excluding carboxylic acids is 1. The molecule has 0 fully saturated rings. The Bertz CT molecular complexity index is 826. The minimum absolute atomic E-state index is 0.236. The fourth-order valence-electron chi connectivity index (χ4n) is 2.31. The Morgan fingerprint density at radius 1 is 1.25 bits per heavy atom. The standard InChI is InChI=1S/C16H13Br2N3O3/c1-9(22)21-16(13-6-11(17)3-4-14(13)23-2)24-15(20-21)10-5-12(18)8-19-7-10/h3-8,16H,1-2H3/t16-/m1/s1. The Hall–Kier alpha value is -1.93. The van der Waals surface area contributed by atoms with Crippen LogP contribution in [-0.2, 0) is 9.53 Å². The second-order valence-corrected chi connectivity index (χ2v) is 6.85. The lowest BCUT2D eigenvalue weighted by atomic mass is 10.1. The fraction of sp³-hybridized carbons (Fsp3) is 0.188. The first-order chi connectivity index (χ1) is 11.5. The normalized spacial score (nSPS) is 16.6. The van der Waals surface area contributed by atoms with Crippen LogP contribution in [0.5, 0.6) is 5.75 Å². The molecule has 0 unspecified atom stereocenters. The van der Waals surface area contributed by atoms with Crippen molar-refractivity contribution in [3.63, 3.8) is 0 Å². The largest absolute Gasteiger partial charge is 0.496 e. The molecule has 0 bridgehead atoms.